The highest BCUT2D eigenvalue weighted by molar-refractivity contribution is 6.30. The fourth-order valence-electron chi connectivity index (χ4n) is 3.84. The molecule has 3 rings (SSSR count). The van der Waals surface area contributed by atoms with E-state index in [1.807, 2.05) is 53.6 Å². The lowest BCUT2D eigenvalue weighted by atomic mass is 10.2. The molecule has 0 atom stereocenters. The van der Waals surface area contributed by atoms with Gasteiger partial charge in [-0.05, 0) is 57.0 Å². The Bertz CT molecular complexity index is 834. The summed E-state index contributed by atoms with van der Waals surface area (Å²) in [5.41, 5.74) is 3.45. The Hall–Kier alpha value is -2.27. The average Bonchev–Trinajstić information content (AvgIpc) is 2.86. The monoisotopic (exact) mass is 401 g/mol. The Kier molecular flexibility index (Phi) is 6.79. The van der Waals surface area contributed by atoms with Crippen LogP contribution in [0.5, 0.6) is 0 Å². The maximum atomic E-state index is 12.7. The van der Waals surface area contributed by atoms with Crippen LogP contribution >= 0.6 is 11.6 Å². The summed E-state index contributed by atoms with van der Waals surface area (Å²) in [4.78, 5) is 27.0. The number of aryl methyl sites for hydroxylation is 1. The van der Waals surface area contributed by atoms with Gasteiger partial charge in [0, 0.05) is 48.2 Å². The number of carbonyl (C=O) groups is 2. The number of halogens is 1. The van der Waals surface area contributed by atoms with E-state index in [4.69, 9.17) is 11.6 Å². The van der Waals surface area contributed by atoms with E-state index >= 15 is 0 Å². The van der Waals surface area contributed by atoms with Crippen LogP contribution in [0.3, 0.4) is 0 Å². The summed E-state index contributed by atoms with van der Waals surface area (Å²) >= 11 is 5.98. The largest absolute Gasteiger partial charge is 0.351 e. The van der Waals surface area contributed by atoms with Crippen molar-refractivity contribution in [1.29, 1.82) is 0 Å². The molecule has 1 aromatic heterocycles. The van der Waals surface area contributed by atoms with Crippen molar-refractivity contribution in [2.75, 3.05) is 19.6 Å². The van der Waals surface area contributed by atoms with Gasteiger partial charge in [0.1, 0.15) is 0 Å². The van der Waals surface area contributed by atoms with Gasteiger partial charge in [0.2, 0.25) is 5.91 Å². The zero-order valence-corrected chi connectivity index (χ0v) is 17.4. The van der Waals surface area contributed by atoms with E-state index in [1.165, 1.54) is 12.8 Å². The molecule has 0 spiro atoms. The lowest BCUT2D eigenvalue weighted by molar-refractivity contribution is -0.131. The van der Waals surface area contributed by atoms with Gasteiger partial charge in [-0.1, -0.05) is 24.4 Å². The van der Waals surface area contributed by atoms with Crippen LogP contribution in [0.2, 0.25) is 5.02 Å². The van der Waals surface area contributed by atoms with Gasteiger partial charge in [0.15, 0.2) is 0 Å². The molecule has 1 N–H and O–H groups in total. The molecule has 2 aromatic rings. The lowest BCUT2D eigenvalue weighted by Crippen LogP contribution is -2.35. The van der Waals surface area contributed by atoms with Crippen molar-refractivity contribution < 1.29 is 9.59 Å². The number of nitrogens with zero attached hydrogens (tertiary/aromatic N) is 2. The molecule has 2 heterocycles. The molecule has 0 unspecified atom stereocenters. The molecule has 1 aromatic carbocycles. The van der Waals surface area contributed by atoms with Crippen LogP contribution in [-0.2, 0) is 4.79 Å². The second-order valence-corrected chi connectivity index (χ2v) is 7.83. The van der Waals surface area contributed by atoms with Crippen molar-refractivity contribution in [3.8, 4) is 5.69 Å². The molecule has 1 aliphatic rings. The third-order valence-electron chi connectivity index (χ3n) is 5.34. The molecule has 150 valence electrons. The molecule has 28 heavy (non-hydrogen) atoms. The average molecular weight is 402 g/mol. The van der Waals surface area contributed by atoms with Crippen molar-refractivity contribution in [2.24, 2.45) is 0 Å². The number of benzene rings is 1. The first-order valence-corrected chi connectivity index (χ1v) is 10.4. The molecule has 2 amide bonds. The molecule has 0 radical (unpaired) electrons. The van der Waals surface area contributed by atoms with Crippen molar-refractivity contribution in [1.82, 2.24) is 14.8 Å². The van der Waals surface area contributed by atoms with Gasteiger partial charge in [-0.3, -0.25) is 9.59 Å². The van der Waals surface area contributed by atoms with Crippen LogP contribution < -0.4 is 5.32 Å². The molecule has 1 saturated heterocycles. The Morgan fingerprint density at radius 1 is 1.04 bits per heavy atom. The van der Waals surface area contributed by atoms with Gasteiger partial charge >= 0.3 is 0 Å². The van der Waals surface area contributed by atoms with E-state index in [1.54, 1.807) is 0 Å². The molecule has 1 fully saturated rings. The van der Waals surface area contributed by atoms with Gasteiger partial charge in [-0.25, -0.2) is 0 Å². The number of hydrogen-bond acceptors (Lipinski definition) is 2. The normalized spacial score (nSPS) is 14.6. The number of hydrogen-bond donors (Lipinski definition) is 1. The van der Waals surface area contributed by atoms with Crippen LogP contribution in [0.25, 0.3) is 5.69 Å². The second kappa shape index (κ2) is 9.28. The first kappa shape index (κ1) is 20.5. The van der Waals surface area contributed by atoms with E-state index in [9.17, 15) is 9.59 Å². The van der Waals surface area contributed by atoms with Gasteiger partial charge in [0.05, 0.1) is 5.56 Å². The molecule has 6 heteroatoms. The summed E-state index contributed by atoms with van der Waals surface area (Å²) < 4.78 is 2.04. The molecule has 1 aliphatic heterocycles. The smallest absolute Gasteiger partial charge is 0.253 e. The maximum absolute atomic E-state index is 12.7. The highest BCUT2D eigenvalue weighted by Crippen LogP contribution is 2.22. The predicted molar refractivity (Wildman–Crippen MR) is 112 cm³/mol. The first-order valence-electron chi connectivity index (χ1n) is 9.98. The number of rotatable bonds is 5. The summed E-state index contributed by atoms with van der Waals surface area (Å²) in [6.07, 6.45) is 4.90. The molecular formula is C22H28ClN3O2. The van der Waals surface area contributed by atoms with Crippen molar-refractivity contribution in [3.05, 3.63) is 52.3 Å². The molecule has 0 aliphatic carbocycles. The van der Waals surface area contributed by atoms with Gasteiger partial charge in [-0.2, -0.15) is 0 Å². The zero-order chi connectivity index (χ0) is 20.1. The molecule has 5 nitrogen and oxygen atoms in total. The Morgan fingerprint density at radius 3 is 2.32 bits per heavy atom. The number of aromatic nitrogens is 1. The Balaban J connectivity index is 1.61. The van der Waals surface area contributed by atoms with Crippen LogP contribution in [0, 0.1) is 13.8 Å². The summed E-state index contributed by atoms with van der Waals surface area (Å²) in [6.45, 7) is 5.95. The zero-order valence-electron chi connectivity index (χ0n) is 16.6. The van der Waals surface area contributed by atoms with E-state index in [0.717, 1.165) is 43.0 Å². The summed E-state index contributed by atoms with van der Waals surface area (Å²) in [5, 5.41) is 3.58. The fraction of sp³-hybridized carbons (Fsp3) is 0.455. The quantitative estimate of drug-likeness (QED) is 0.813. The molecule has 0 saturated carbocycles. The van der Waals surface area contributed by atoms with E-state index < -0.39 is 0 Å². The topological polar surface area (TPSA) is 54.3 Å². The minimum Gasteiger partial charge on any atom is -0.351 e. The number of amides is 2. The van der Waals surface area contributed by atoms with Crippen LogP contribution in [0.4, 0.5) is 0 Å². The van der Waals surface area contributed by atoms with Crippen LogP contribution in [0.15, 0.2) is 30.3 Å². The van der Waals surface area contributed by atoms with E-state index in [0.29, 0.717) is 23.6 Å². The number of nitrogens with one attached hydrogen (secondary N) is 1. The summed E-state index contributed by atoms with van der Waals surface area (Å²) in [5.74, 6) is -0.00850. The van der Waals surface area contributed by atoms with Crippen molar-refractivity contribution >= 4 is 23.4 Å². The standard InChI is InChI=1S/C22H28ClN3O2/c1-16-15-20(17(2)26(16)19-9-7-18(23)8-10-19)22(28)24-12-11-21(27)25-13-5-3-4-6-14-25/h7-10,15H,3-6,11-14H2,1-2H3,(H,24,28). The fourth-order valence-corrected chi connectivity index (χ4v) is 3.96. The summed E-state index contributed by atoms with van der Waals surface area (Å²) in [6, 6.07) is 9.43. The van der Waals surface area contributed by atoms with Crippen molar-refractivity contribution in [2.45, 2.75) is 46.0 Å². The van der Waals surface area contributed by atoms with Crippen LogP contribution in [-0.4, -0.2) is 40.9 Å². The third kappa shape index (κ3) is 4.76. The van der Waals surface area contributed by atoms with Gasteiger partial charge in [-0.15, -0.1) is 0 Å². The van der Waals surface area contributed by atoms with Gasteiger partial charge in [0.25, 0.3) is 5.91 Å². The summed E-state index contributed by atoms with van der Waals surface area (Å²) in [7, 11) is 0. The van der Waals surface area contributed by atoms with E-state index in [2.05, 4.69) is 5.32 Å². The number of carbonyl (C=O) groups excluding carboxylic acids is 2. The van der Waals surface area contributed by atoms with E-state index in [-0.39, 0.29) is 11.8 Å². The highest BCUT2D eigenvalue weighted by atomic mass is 35.5. The maximum Gasteiger partial charge on any atom is 0.253 e. The minimum atomic E-state index is -0.142. The Labute approximate surface area is 171 Å². The lowest BCUT2D eigenvalue weighted by Gasteiger charge is -2.20. The minimum absolute atomic E-state index is 0.133. The highest BCUT2D eigenvalue weighted by Gasteiger charge is 2.18. The molecule has 0 bridgehead atoms. The number of likely N-dealkylation sites (tertiary alicyclic amines) is 1. The second-order valence-electron chi connectivity index (χ2n) is 7.40. The van der Waals surface area contributed by atoms with Crippen molar-refractivity contribution in [3.63, 3.8) is 0 Å². The Morgan fingerprint density at radius 2 is 1.68 bits per heavy atom. The SMILES string of the molecule is Cc1cc(C(=O)NCCC(=O)N2CCCCCC2)c(C)n1-c1ccc(Cl)cc1. The first-order chi connectivity index (χ1) is 13.5. The third-order valence-corrected chi connectivity index (χ3v) is 5.60. The van der Waals surface area contributed by atoms with Gasteiger partial charge < -0.3 is 14.8 Å². The van der Waals surface area contributed by atoms with Crippen LogP contribution in [0.1, 0.15) is 53.8 Å². The molecular weight excluding hydrogens is 374 g/mol. The predicted octanol–water partition coefficient (Wildman–Crippen LogP) is 4.27.